The van der Waals surface area contributed by atoms with Crippen molar-refractivity contribution in [1.82, 2.24) is 0 Å². The number of ether oxygens (including phenoxy) is 2. The second kappa shape index (κ2) is 9.63. The number of hydrogen-bond donors (Lipinski definition) is 0. The van der Waals surface area contributed by atoms with Gasteiger partial charge in [0, 0.05) is 33.0 Å². The molecular weight excluding hydrogens is 464 g/mol. The van der Waals surface area contributed by atoms with E-state index in [2.05, 4.69) is 13.2 Å². The Morgan fingerprint density at radius 2 is 1.11 bits per heavy atom. The maximum absolute atomic E-state index is 12.5. The van der Waals surface area contributed by atoms with Gasteiger partial charge in [-0.2, -0.15) is 0 Å². The lowest BCUT2D eigenvalue weighted by Crippen LogP contribution is -2.09. The lowest BCUT2D eigenvalue weighted by Gasteiger charge is -2.15. The summed E-state index contributed by atoms with van der Waals surface area (Å²) in [4.78, 5) is 24.2. The largest absolute Gasteiger partial charge is 0.456 e. The van der Waals surface area contributed by atoms with Crippen molar-refractivity contribution in [2.75, 3.05) is 0 Å². The second-order valence-electron chi connectivity index (χ2n) is 8.82. The minimum absolute atomic E-state index is 0.327. The van der Waals surface area contributed by atoms with E-state index in [1.807, 2.05) is 72.8 Å². The Labute approximate surface area is 214 Å². The summed E-state index contributed by atoms with van der Waals surface area (Å²) in [5.41, 5.74) is 2.40. The van der Waals surface area contributed by atoms with E-state index in [4.69, 9.17) is 13.9 Å². The van der Waals surface area contributed by atoms with Crippen LogP contribution in [0.15, 0.2) is 114 Å². The highest BCUT2D eigenvalue weighted by Crippen LogP contribution is 2.44. The van der Waals surface area contributed by atoms with Gasteiger partial charge >= 0.3 is 11.9 Å². The first kappa shape index (κ1) is 23.8. The Morgan fingerprint density at radius 1 is 0.622 bits per heavy atom. The Morgan fingerprint density at radius 3 is 1.65 bits per heavy atom. The highest BCUT2D eigenvalue weighted by Gasteiger charge is 2.20. The molecule has 1 aromatic heterocycles. The van der Waals surface area contributed by atoms with Gasteiger partial charge in [-0.15, -0.1) is 0 Å². The molecule has 0 aliphatic heterocycles. The van der Waals surface area contributed by atoms with Crippen LogP contribution < -0.4 is 9.47 Å². The van der Waals surface area contributed by atoms with Crippen LogP contribution in [0, 0.1) is 0 Å². The number of carbonyl (C=O) groups excluding carboxylic acids is 2. The van der Waals surface area contributed by atoms with E-state index in [-0.39, 0.29) is 0 Å². The summed E-state index contributed by atoms with van der Waals surface area (Å²) in [6.45, 7) is 10.5. The Hall–Kier alpha value is -4.90. The molecule has 37 heavy (non-hydrogen) atoms. The second-order valence-corrected chi connectivity index (χ2v) is 8.82. The minimum Gasteiger partial charge on any atom is -0.456 e. The lowest BCUT2D eigenvalue weighted by molar-refractivity contribution is -0.130. The molecule has 0 aliphatic carbocycles. The van der Waals surface area contributed by atoms with E-state index in [1.165, 1.54) is 0 Å². The molecule has 0 N–H and O–H groups in total. The SMILES string of the molecule is C=C(C)C(=O)Oc1ccc(-c2ccc(-c3c4ccccc4c(OC(=O)C(=C)C)c4ccccc34)o2)cc1. The number of esters is 2. The van der Waals surface area contributed by atoms with Crippen molar-refractivity contribution in [3.8, 4) is 34.1 Å². The quantitative estimate of drug-likeness (QED) is 0.105. The van der Waals surface area contributed by atoms with Crippen LogP contribution in [0.3, 0.4) is 0 Å². The fraction of sp³-hybridized carbons (Fsp3) is 0.0625. The van der Waals surface area contributed by atoms with E-state index < -0.39 is 11.9 Å². The molecule has 0 radical (unpaired) electrons. The van der Waals surface area contributed by atoms with E-state index >= 15 is 0 Å². The van der Waals surface area contributed by atoms with Crippen molar-refractivity contribution in [3.63, 3.8) is 0 Å². The third kappa shape index (κ3) is 4.55. The molecule has 0 aliphatic rings. The van der Waals surface area contributed by atoms with E-state index in [0.717, 1.165) is 32.7 Å². The summed E-state index contributed by atoms with van der Waals surface area (Å²) in [6, 6.07) is 26.5. The maximum Gasteiger partial charge on any atom is 0.338 e. The third-order valence-corrected chi connectivity index (χ3v) is 5.98. The van der Waals surface area contributed by atoms with Crippen molar-refractivity contribution < 1.29 is 23.5 Å². The molecule has 5 heteroatoms. The van der Waals surface area contributed by atoms with Crippen LogP contribution in [-0.2, 0) is 9.59 Å². The van der Waals surface area contributed by atoms with Crippen molar-refractivity contribution >= 4 is 33.5 Å². The molecule has 5 aromatic rings. The Bertz CT molecular complexity index is 1650. The van der Waals surface area contributed by atoms with Gasteiger partial charge in [-0.25, -0.2) is 9.59 Å². The first-order valence-corrected chi connectivity index (χ1v) is 11.7. The number of hydrogen-bond acceptors (Lipinski definition) is 5. The van der Waals surface area contributed by atoms with Crippen molar-refractivity contribution in [2.24, 2.45) is 0 Å². The predicted molar refractivity (Wildman–Crippen MR) is 145 cm³/mol. The molecule has 182 valence electrons. The van der Waals surface area contributed by atoms with Crippen LogP contribution >= 0.6 is 0 Å². The first-order valence-electron chi connectivity index (χ1n) is 11.7. The van der Waals surface area contributed by atoms with Crippen LogP contribution in [0.4, 0.5) is 0 Å². The summed E-state index contributed by atoms with van der Waals surface area (Å²) >= 11 is 0. The van der Waals surface area contributed by atoms with Gasteiger partial charge in [-0.05, 0) is 61.0 Å². The van der Waals surface area contributed by atoms with Gasteiger partial charge in [0.25, 0.3) is 0 Å². The van der Waals surface area contributed by atoms with E-state index in [1.54, 1.807) is 26.0 Å². The molecule has 5 nitrogen and oxygen atoms in total. The molecule has 4 aromatic carbocycles. The van der Waals surface area contributed by atoms with Crippen LogP contribution in [0.2, 0.25) is 0 Å². The summed E-state index contributed by atoms with van der Waals surface area (Å²) in [5, 5.41) is 3.39. The highest BCUT2D eigenvalue weighted by molar-refractivity contribution is 6.17. The van der Waals surface area contributed by atoms with Gasteiger partial charge < -0.3 is 13.9 Å². The van der Waals surface area contributed by atoms with Crippen LogP contribution in [0.25, 0.3) is 44.2 Å². The molecule has 0 unspecified atom stereocenters. The Balaban J connectivity index is 1.61. The number of rotatable bonds is 6. The van der Waals surface area contributed by atoms with Crippen LogP contribution in [0.1, 0.15) is 13.8 Å². The molecular formula is C32H24O5. The molecule has 0 atom stereocenters. The topological polar surface area (TPSA) is 65.7 Å². The summed E-state index contributed by atoms with van der Waals surface area (Å²) in [5.74, 6) is 1.33. The maximum atomic E-state index is 12.5. The van der Waals surface area contributed by atoms with Crippen molar-refractivity contribution in [3.05, 3.63) is 109 Å². The molecule has 0 amide bonds. The zero-order valence-corrected chi connectivity index (χ0v) is 20.5. The van der Waals surface area contributed by atoms with E-state index in [9.17, 15) is 9.59 Å². The predicted octanol–water partition coefficient (Wildman–Crippen LogP) is 7.88. The minimum atomic E-state index is -0.472. The standard InChI is InChI=1S/C32H24O5/c1-19(2)31(33)35-22-15-13-21(14-16-22)27-17-18-28(36-27)29-23-9-5-7-11-25(23)30(37-32(34)20(3)4)26-12-8-6-10-24(26)29/h5-18H,1,3H2,2,4H3. The summed E-state index contributed by atoms with van der Waals surface area (Å²) in [7, 11) is 0. The average molecular weight is 489 g/mol. The number of furan rings is 1. The van der Waals surface area contributed by atoms with Gasteiger partial charge in [-0.3, -0.25) is 0 Å². The van der Waals surface area contributed by atoms with Gasteiger partial charge in [-0.1, -0.05) is 61.7 Å². The zero-order chi connectivity index (χ0) is 26.1. The highest BCUT2D eigenvalue weighted by atomic mass is 16.5. The molecule has 0 fully saturated rings. The first-order chi connectivity index (χ1) is 17.8. The molecule has 1 heterocycles. The van der Waals surface area contributed by atoms with Crippen molar-refractivity contribution in [2.45, 2.75) is 13.8 Å². The molecule has 0 saturated heterocycles. The number of fused-ring (bicyclic) bond motifs is 2. The monoisotopic (exact) mass is 488 g/mol. The fourth-order valence-corrected chi connectivity index (χ4v) is 4.15. The Kier molecular flexibility index (Phi) is 6.20. The van der Waals surface area contributed by atoms with Crippen LogP contribution in [0.5, 0.6) is 11.5 Å². The molecule has 0 spiro atoms. The number of benzene rings is 4. The van der Waals surface area contributed by atoms with Gasteiger partial charge in [0.2, 0.25) is 0 Å². The zero-order valence-electron chi connectivity index (χ0n) is 20.5. The fourth-order valence-electron chi connectivity index (χ4n) is 4.15. The van der Waals surface area contributed by atoms with Crippen LogP contribution in [-0.4, -0.2) is 11.9 Å². The summed E-state index contributed by atoms with van der Waals surface area (Å²) < 4.78 is 17.4. The molecule has 0 bridgehead atoms. The molecule has 0 saturated carbocycles. The van der Waals surface area contributed by atoms with Gasteiger partial charge in [0.15, 0.2) is 0 Å². The third-order valence-electron chi connectivity index (χ3n) is 5.98. The smallest absolute Gasteiger partial charge is 0.338 e. The molecule has 5 rings (SSSR count). The number of carbonyl (C=O) groups is 2. The average Bonchev–Trinajstić information content (AvgIpc) is 3.38. The normalized spacial score (nSPS) is 10.9. The summed E-state index contributed by atoms with van der Waals surface area (Å²) in [6.07, 6.45) is 0. The van der Waals surface area contributed by atoms with Gasteiger partial charge in [0.1, 0.15) is 23.0 Å². The van der Waals surface area contributed by atoms with Crippen molar-refractivity contribution in [1.29, 1.82) is 0 Å². The van der Waals surface area contributed by atoms with E-state index in [0.29, 0.717) is 34.2 Å². The lowest BCUT2D eigenvalue weighted by atomic mass is 9.94. The van der Waals surface area contributed by atoms with Gasteiger partial charge in [0.05, 0.1) is 0 Å².